The Labute approximate surface area is 188 Å². The molecule has 1 heterocycles. The van der Waals surface area contributed by atoms with Gasteiger partial charge in [0.05, 0.1) is 12.6 Å². The van der Waals surface area contributed by atoms with Gasteiger partial charge in [-0.05, 0) is 38.7 Å². The van der Waals surface area contributed by atoms with Crippen molar-refractivity contribution in [2.75, 3.05) is 27.2 Å². The maximum absolute atomic E-state index is 13.5. The quantitative estimate of drug-likeness (QED) is 0.236. The number of likely N-dealkylation sites (N-methyl/N-ethyl adjacent to an activating group) is 1. The van der Waals surface area contributed by atoms with Crippen LogP contribution in [0.15, 0.2) is 34.6 Å². The standard InChI is InChI=1S/C18H23F4N5S.HI/c1-4-23-17(25-10-16-26-15(11-28-16)18(20,21)22)24-9-14(27(2)3)12-6-5-7-13(19)8-12;/h5-8,11,14H,4,9-10H2,1-3H3,(H2,23,24,25);1H. The van der Waals surface area contributed by atoms with Crippen LogP contribution in [0.5, 0.6) is 0 Å². The zero-order chi connectivity index (χ0) is 20.7. The highest BCUT2D eigenvalue weighted by Gasteiger charge is 2.33. The van der Waals surface area contributed by atoms with Gasteiger partial charge in [-0.25, -0.2) is 14.4 Å². The maximum atomic E-state index is 13.5. The molecule has 2 N–H and O–H groups in total. The van der Waals surface area contributed by atoms with E-state index in [1.54, 1.807) is 6.07 Å². The Morgan fingerprint density at radius 1 is 1.28 bits per heavy atom. The van der Waals surface area contributed by atoms with Crippen LogP contribution < -0.4 is 10.6 Å². The van der Waals surface area contributed by atoms with Crippen molar-refractivity contribution in [2.24, 2.45) is 4.99 Å². The highest BCUT2D eigenvalue weighted by molar-refractivity contribution is 14.0. The largest absolute Gasteiger partial charge is 0.434 e. The van der Waals surface area contributed by atoms with Gasteiger partial charge in [0.25, 0.3) is 0 Å². The molecule has 0 aliphatic carbocycles. The average Bonchev–Trinajstić information content (AvgIpc) is 3.09. The molecule has 1 atom stereocenters. The highest BCUT2D eigenvalue weighted by Crippen LogP contribution is 2.30. The molecule has 2 rings (SSSR count). The van der Waals surface area contributed by atoms with Gasteiger partial charge < -0.3 is 15.5 Å². The van der Waals surface area contributed by atoms with Crippen molar-refractivity contribution in [3.05, 3.63) is 51.7 Å². The van der Waals surface area contributed by atoms with Gasteiger partial charge in [-0.3, -0.25) is 0 Å². The second-order valence-corrected chi connectivity index (χ2v) is 7.18. The third-order valence-corrected chi connectivity index (χ3v) is 4.71. The van der Waals surface area contributed by atoms with E-state index in [4.69, 9.17) is 0 Å². The van der Waals surface area contributed by atoms with Crippen LogP contribution >= 0.6 is 35.3 Å². The van der Waals surface area contributed by atoms with E-state index in [0.29, 0.717) is 19.0 Å². The van der Waals surface area contributed by atoms with Crippen molar-refractivity contribution in [2.45, 2.75) is 25.7 Å². The number of benzene rings is 1. The van der Waals surface area contributed by atoms with Gasteiger partial charge >= 0.3 is 6.18 Å². The fraction of sp³-hybridized carbons (Fsp3) is 0.444. The van der Waals surface area contributed by atoms with E-state index in [-0.39, 0.29) is 47.4 Å². The monoisotopic (exact) mass is 545 g/mol. The summed E-state index contributed by atoms with van der Waals surface area (Å²) in [4.78, 5) is 9.83. The normalized spacial score (nSPS) is 13.2. The number of halogens is 5. The first-order valence-electron chi connectivity index (χ1n) is 8.66. The SMILES string of the molecule is CCNC(=NCc1nc(C(F)(F)F)cs1)NCC(c1cccc(F)c1)N(C)C.I. The molecule has 162 valence electrons. The molecule has 0 aliphatic rings. The minimum Gasteiger partial charge on any atom is -0.357 e. The van der Waals surface area contributed by atoms with Gasteiger partial charge in [-0.2, -0.15) is 13.2 Å². The number of hydrogen-bond donors (Lipinski definition) is 2. The van der Waals surface area contributed by atoms with Crippen LogP contribution in [0.3, 0.4) is 0 Å². The number of hydrogen-bond acceptors (Lipinski definition) is 4. The fourth-order valence-electron chi connectivity index (χ4n) is 2.51. The van der Waals surface area contributed by atoms with Gasteiger partial charge in [0.15, 0.2) is 11.7 Å². The highest BCUT2D eigenvalue weighted by atomic mass is 127. The van der Waals surface area contributed by atoms with Crippen molar-refractivity contribution in [3.8, 4) is 0 Å². The van der Waals surface area contributed by atoms with Gasteiger partial charge in [-0.15, -0.1) is 35.3 Å². The molecule has 0 saturated carbocycles. The number of thiazole rings is 1. The zero-order valence-electron chi connectivity index (χ0n) is 16.3. The van der Waals surface area contributed by atoms with E-state index in [1.807, 2.05) is 32.0 Å². The van der Waals surface area contributed by atoms with E-state index in [1.165, 1.54) is 12.1 Å². The minimum absolute atomic E-state index is 0. The molecule has 0 spiro atoms. The van der Waals surface area contributed by atoms with E-state index in [2.05, 4.69) is 20.6 Å². The average molecular weight is 545 g/mol. The summed E-state index contributed by atoms with van der Waals surface area (Å²) in [6, 6.07) is 6.24. The van der Waals surface area contributed by atoms with E-state index < -0.39 is 11.9 Å². The lowest BCUT2D eigenvalue weighted by atomic mass is 10.1. The van der Waals surface area contributed by atoms with Crippen molar-refractivity contribution in [1.29, 1.82) is 0 Å². The number of guanidine groups is 1. The summed E-state index contributed by atoms with van der Waals surface area (Å²) in [5, 5.41) is 7.46. The molecule has 0 bridgehead atoms. The Morgan fingerprint density at radius 3 is 2.55 bits per heavy atom. The van der Waals surface area contributed by atoms with Gasteiger partial charge in [0, 0.05) is 18.5 Å². The summed E-state index contributed by atoms with van der Waals surface area (Å²) in [6.07, 6.45) is -4.45. The number of nitrogens with one attached hydrogen (secondary N) is 2. The number of alkyl halides is 3. The van der Waals surface area contributed by atoms with Crippen molar-refractivity contribution < 1.29 is 17.6 Å². The van der Waals surface area contributed by atoms with Crippen molar-refractivity contribution in [1.82, 2.24) is 20.5 Å². The minimum atomic E-state index is -4.45. The number of aromatic nitrogens is 1. The molecule has 5 nitrogen and oxygen atoms in total. The topological polar surface area (TPSA) is 52.6 Å². The second-order valence-electron chi connectivity index (χ2n) is 6.23. The van der Waals surface area contributed by atoms with Crippen LogP contribution in [-0.4, -0.2) is 43.0 Å². The molecular formula is C18H24F4IN5S. The Morgan fingerprint density at radius 2 is 2.00 bits per heavy atom. The first kappa shape index (κ1) is 25.6. The molecule has 29 heavy (non-hydrogen) atoms. The Bertz CT molecular complexity index is 795. The van der Waals surface area contributed by atoms with Crippen LogP contribution in [0, 0.1) is 5.82 Å². The summed E-state index contributed by atoms with van der Waals surface area (Å²) >= 11 is 0.921. The molecule has 11 heteroatoms. The molecule has 0 radical (unpaired) electrons. The number of nitrogens with zero attached hydrogens (tertiary/aromatic N) is 3. The Kier molecular flexibility index (Phi) is 10.3. The van der Waals surface area contributed by atoms with Gasteiger partial charge in [0.1, 0.15) is 10.8 Å². The number of rotatable bonds is 7. The zero-order valence-corrected chi connectivity index (χ0v) is 19.4. The van der Waals surface area contributed by atoms with Crippen LogP contribution in [0.1, 0.15) is 29.2 Å². The van der Waals surface area contributed by atoms with E-state index >= 15 is 0 Å². The number of aliphatic imine (C=N–C) groups is 1. The lowest BCUT2D eigenvalue weighted by Crippen LogP contribution is -2.41. The Hall–Kier alpha value is -1.47. The predicted molar refractivity (Wildman–Crippen MR) is 118 cm³/mol. The van der Waals surface area contributed by atoms with E-state index in [9.17, 15) is 17.6 Å². The maximum Gasteiger partial charge on any atom is 0.434 e. The third-order valence-electron chi connectivity index (χ3n) is 3.88. The molecule has 1 aromatic carbocycles. The first-order valence-corrected chi connectivity index (χ1v) is 9.54. The summed E-state index contributed by atoms with van der Waals surface area (Å²) < 4.78 is 51.5. The third kappa shape index (κ3) is 8.05. The molecule has 0 amide bonds. The lowest BCUT2D eigenvalue weighted by Gasteiger charge is -2.26. The fourth-order valence-corrected chi connectivity index (χ4v) is 3.23. The summed E-state index contributed by atoms with van der Waals surface area (Å²) in [7, 11) is 3.77. The first-order chi connectivity index (χ1) is 13.2. The Balaban J connectivity index is 0.00000420. The summed E-state index contributed by atoms with van der Waals surface area (Å²) in [5.41, 5.74) is -0.0949. The molecule has 0 saturated heterocycles. The molecule has 2 aromatic rings. The smallest absolute Gasteiger partial charge is 0.357 e. The van der Waals surface area contributed by atoms with E-state index in [0.717, 1.165) is 22.3 Å². The molecule has 1 unspecified atom stereocenters. The summed E-state index contributed by atoms with van der Waals surface area (Å²) in [6.45, 7) is 2.94. The predicted octanol–water partition coefficient (Wildman–Crippen LogP) is 4.28. The molecule has 0 fully saturated rings. The van der Waals surface area contributed by atoms with Crippen LogP contribution in [0.2, 0.25) is 0 Å². The van der Waals surface area contributed by atoms with Gasteiger partial charge in [-0.1, -0.05) is 12.1 Å². The molecule has 0 aliphatic heterocycles. The molecular weight excluding hydrogens is 521 g/mol. The molecule has 1 aromatic heterocycles. The van der Waals surface area contributed by atoms with Crippen molar-refractivity contribution in [3.63, 3.8) is 0 Å². The van der Waals surface area contributed by atoms with Crippen LogP contribution in [0.25, 0.3) is 0 Å². The van der Waals surface area contributed by atoms with Gasteiger partial charge in [0.2, 0.25) is 0 Å². The summed E-state index contributed by atoms with van der Waals surface area (Å²) in [5.74, 6) is 0.142. The lowest BCUT2D eigenvalue weighted by molar-refractivity contribution is -0.140. The van der Waals surface area contributed by atoms with Crippen LogP contribution in [0.4, 0.5) is 17.6 Å². The second kappa shape index (κ2) is 11.6. The van der Waals surface area contributed by atoms with Crippen molar-refractivity contribution >= 4 is 41.3 Å². The van der Waals surface area contributed by atoms with Crippen LogP contribution in [-0.2, 0) is 12.7 Å².